The van der Waals surface area contributed by atoms with Gasteiger partial charge in [-0.05, 0) is 24.3 Å². The smallest absolute Gasteiger partial charge is 0.340 e. The Balaban J connectivity index is 2.50. The molecule has 0 saturated carbocycles. The van der Waals surface area contributed by atoms with Gasteiger partial charge in [0.25, 0.3) is 0 Å². The van der Waals surface area contributed by atoms with Crippen LogP contribution in [-0.2, 0) is 4.74 Å². The van der Waals surface area contributed by atoms with Gasteiger partial charge in [-0.25, -0.2) is 9.18 Å². The van der Waals surface area contributed by atoms with Gasteiger partial charge >= 0.3 is 5.97 Å². The average molecular weight is 295 g/mol. The van der Waals surface area contributed by atoms with Crippen molar-refractivity contribution in [1.29, 1.82) is 0 Å². The fourth-order valence-corrected chi connectivity index (χ4v) is 2.00. The molecule has 0 unspecified atom stereocenters. The van der Waals surface area contributed by atoms with Gasteiger partial charge < -0.3 is 15.8 Å². The number of methoxy groups -OCH3 is 1. The van der Waals surface area contributed by atoms with Crippen LogP contribution in [0.25, 0.3) is 0 Å². The van der Waals surface area contributed by atoms with E-state index in [1.165, 1.54) is 31.4 Å². The number of nitrogens with two attached hydrogens (primary N) is 1. The molecule has 0 radical (unpaired) electrons. The predicted molar refractivity (Wildman–Crippen MR) is 76.9 cm³/mol. The predicted octanol–water partition coefficient (Wildman–Crippen LogP) is 3.59. The summed E-state index contributed by atoms with van der Waals surface area (Å²) in [6.07, 6.45) is 0. The number of para-hydroxylation sites is 1. The van der Waals surface area contributed by atoms with Crippen LogP contribution >= 0.6 is 11.6 Å². The van der Waals surface area contributed by atoms with Crippen LogP contribution in [0.15, 0.2) is 36.4 Å². The highest BCUT2D eigenvalue weighted by Gasteiger charge is 2.17. The Morgan fingerprint density at radius 3 is 2.70 bits per heavy atom. The molecule has 0 saturated heterocycles. The Morgan fingerprint density at radius 1 is 1.35 bits per heavy atom. The summed E-state index contributed by atoms with van der Waals surface area (Å²) < 4.78 is 18.3. The zero-order valence-electron chi connectivity index (χ0n) is 10.6. The number of hydrogen-bond acceptors (Lipinski definition) is 4. The summed E-state index contributed by atoms with van der Waals surface area (Å²) in [6, 6.07) is 8.94. The second-order valence-electron chi connectivity index (χ2n) is 4.02. The maximum Gasteiger partial charge on any atom is 0.340 e. The van der Waals surface area contributed by atoms with Crippen molar-refractivity contribution in [2.45, 2.75) is 0 Å². The molecule has 6 heteroatoms. The van der Waals surface area contributed by atoms with Gasteiger partial charge in [-0.3, -0.25) is 0 Å². The number of benzene rings is 2. The highest BCUT2D eigenvalue weighted by atomic mass is 35.5. The summed E-state index contributed by atoms with van der Waals surface area (Å²) in [6.45, 7) is 0. The molecule has 0 aliphatic rings. The molecule has 0 aliphatic heterocycles. The minimum atomic E-state index is -0.613. The van der Waals surface area contributed by atoms with Gasteiger partial charge in [0.15, 0.2) is 0 Å². The topological polar surface area (TPSA) is 64.3 Å². The van der Waals surface area contributed by atoms with E-state index in [0.717, 1.165) is 0 Å². The zero-order chi connectivity index (χ0) is 14.7. The molecule has 0 heterocycles. The van der Waals surface area contributed by atoms with Crippen LogP contribution < -0.4 is 11.1 Å². The Hall–Kier alpha value is -2.27. The van der Waals surface area contributed by atoms with E-state index >= 15 is 0 Å². The van der Waals surface area contributed by atoms with Gasteiger partial charge in [0, 0.05) is 5.69 Å². The number of carbonyl (C=O) groups excluding carboxylic acids is 1. The molecule has 2 aromatic carbocycles. The lowest BCUT2D eigenvalue weighted by atomic mass is 10.1. The molecule has 0 spiro atoms. The third-order valence-electron chi connectivity index (χ3n) is 2.65. The summed E-state index contributed by atoms with van der Waals surface area (Å²) >= 11 is 6.07. The second kappa shape index (κ2) is 5.79. The van der Waals surface area contributed by atoms with Crippen LogP contribution in [0.2, 0.25) is 5.02 Å². The molecule has 20 heavy (non-hydrogen) atoms. The molecule has 2 rings (SSSR count). The fourth-order valence-electron chi connectivity index (χ4n) is 1.72. The van der Waals surface area contributed by atoms with Crippen LogP contribution in [-0.4, -0.2) is 13.1 Å². The van der Waals surface area contributed by atoms with E-state index < -0.39 is 11.8 Å². The lowest BCUT2D eigenvalue weighted by Gasteiger charge is -2.14. The number of nitrogens with one attached hydrogen (secondary N) is 1. The molecule has 4 nitrogen and oxygen atoms in total. The van der Waals surface area contributed by atoms with Crippen LogP contribution in [0.5, 0.6) is 0 Å². The number of rotatable bonds is 3. The van der Waals surface area contributed by atoms with Crippen molar-refractivity contribution < 1.29 is 13.9 Å². The van der Waals surface area contributed by atoms with Crippen molar-refractivity contribution >= 4 is 34.6 Å². The van der Waals surface area contributed by atoms with E-state index in [-0.39, 0.29) is 22.0 Å². The van der Waals surface area contributed by atoms with Gasteiger partial charge in [0.1, 0.15) is 5.82 Å². The Labute approximate surface area is 120 Å². The van der Waals surface area contributed by atoms with Gasteiger partial charge in [-0.1, -0.05) is 23.7 Å². The molecule has 0 amide bonds. The van der Waals surface area contributed by atoms with Gasteiger partial charge in [0.05, 0.1) is 29.1 Å². The van der Waals surface area contributed by atoms with Crippen molar-refractivity contribution in [3.8, 4) is 0 Å². The minimum Gasteiger partial charge on any atom is -0.465 e. The van der Waals surface area contributed by atoms with Crippen LogP contribution in [0, 0.1) is 5.82 Å². The van der Waals surface area contributed by atoms with Crippen molar-refractivity contribution in [1.82, 2.24) is 0 Å². The van der Waals surface area contributed by atoms with Crippen LogP contribution in [0.4, 0.5) is 21.5 Å². The van der Waals surface area contributed by atoms with Gasteiger partial charge in [0.2, 0.25) is 0 Å². The Morgan fingerprint density at radius 2 is 2.05 bits per heavy atom. The third-order valence-corrected chi connectivity index (χ3v) is 2.95. The third kappa shape index (κ3) is 2.83. The second-order valence-corrected chi connectivity index (χ2v) is 4.43. The van der Waals surface area contributed by atoms with E-state index in [1.54, 1.807) is 12.1 Å². The number of hydrogen-bond donors (Lipinski definition) is 2. The lowest BCUT2D eigenvalue weighted by Crippen LogP contribution is -2.08. The standard InChI is InChI=1S/C14H12ClFN2O2/c1-20-14(19)9-6-8(17)7-10(15)13(9)18-12-5-3-2-4-11(12)16/h2-7,18H,17H2,1H3. The first kappa shape index (κ1) is 14.1. The number of nitrogen functional groups attached to an aromatic ring is 1. The van der Waals surface area contributed by atoms with E-state index in [9.17, 15) is 9.18 Å². The molecule has 0 fully saturated rings. The van der Waals surface area contributed by atoms with Crippen molar-refractivity contribution in [2.24, 2.45) is 0 Å². The summed E-state index contributed by atoms with van der Waals surface area (Å²) in [5, 5.41) is 2.99. The highest BCUT2D eigenvalue weighted by molar-refractivity contribution is 6.34. The van der Waals surface area contributed by atoms with E-state index in [2.05, 4.69) is 10.1 Å². The Bertz CT molecular complexity index is 662. The molecule has 104 valence electrons. The van der Waals surface area contributed by atoms with Gasteiger partial charge in [-0.15, -0.1) is 0 Å². The Kier molecular flexibility index (Phi) is 4.10. The largest absolute Gasteiger partial charge is 0.465 e. The van der Waals surface area contributed by atoms with Crippen molar-refractivity contribution in [2.75, 3.05) is 18.2 Å². The number of carbonyl (C=O) groups is 1. The first-order valence-corrected chi connectivity index (χ1v) is 6.09. The van der Waals surface area contributed by atoms with E-state index in [1.807, 2.05) is 0 Å². The number of esters is 1. The minimum absolute atomic E-state index is 0.140. The normalized spacial score (nSPS) is 10.2. The maximum absolute atomic E-state index is 13.7. The molecule has 3 N–H and O–H groups in total. The van der Waals surface area contributed by atoms with Crippen molar-refractivity contribution in [3.63, 3.8) is 0 Å². The monoisotopic (exact) mass is 294 g/mol. The summed E-state index contributed by atoms with van der Waals surface area (Å²) in [5.74, 6) is -1.07. The quantitative estimate of drug-likeness (QED) is 0.671. The van der Waals surface area contributed by atoms with Gasteiger partial charge in [-0.2, -0.15) is 0 Å². The zero-order valence-corrected chi connectivity index (χ0v) is 11.4. The molecule has 2 aromatic rings. The molecular formula is C14H12ClFN2O2. The van der Waals surface area contributed by atoms with E-state index in [0.29, 0.717) is 5.69 Å². The van der Waals surface area contributed by atoms with Crippen LogP contribution in [0.3, 0.4) is 0 Å². The number of anilines is 3. The first-order chi connectivity index (χ1) is 9.52. The summed E-state index contributed by atoms with van der Waals surface area (Å²) in [7, 11) is 1.24. The molecular weight excluding hydrogens is 283 g/mol. The fraction of sp³-hybridized carbons (Fsp3) is 0.0714. The molecule has 0 aliphatic carbocycles. The summed E-state index contributed by atoms with van der Waals surface area (Å²) in [4.78, 5) is 11.7. The van der Waals surface area contributed by atoms with E-state index in [4.69, 9.17) is 17.3 Å². The maximum atomic E-state index is 13.7. The summed E-state index contributed by atoms with van der Waals surface area (Å²) in [5.41, 5.74) is 6.55. The average Bonchev–Trinajstić information content (AvgIpc) is 2.42. The number of halogens is 2. The molecule has 0 aromatic heterocycles. The van der Waals surface area contributed by atoms with Crippen molar-refractivity contribution in [3.05, 3.63) is 52.8 Å². The SMILES string of the molecule is COC(=O)c1cc(N)cc(Cl)c1Nc1ccccc1F. The highest BCUT2D eigenvalue weighted by Crippen LogP contribution is 2.33. The lowest BCUT2D eigenvalue weighted by molar-refractivity contribution is 0.0602. The molecule has 0 atom stereocenters. The number of ether oxygens (including phenoxy) is 1. The first-order valence-electron chi connectivity index (χ1n) is 5.72. The molecule has 0 bridgehead atoms. The van der Waals surface area contributed by atoms with Crippen LogP contribution in [0.1, 0.15) is 10.4 Å².